The highest BCUT2D eigenvalue weighted by Crippen LogP contribution is 2.26. The smallest absolute Gasteiger partial charge is 0.148 e. The fraction of sp³-hybridized carbons (Fsp3) is 0.333. The van der Waals surface area contributed by atoms with Gasteiger partial charge in [-0.3, -0.25) is 0 Å². The molecule has 0 amide bonds. The number of rotatable bonds is 4. The molecule has 0 unspecified atom stereocenters. The molecule has 0 spiro atoms. The van der Waals surface area contributed by atoms with Gasteiger partial charge in [0.1, 0.15) is 17.5 Å². The van der Waals surface area contributed by atoms with Crippen LogP contribution in [0.25, 0.3) is 0 Å². The third-order valence-electron chi connectivity index (χ3n) is 3.21. The molecule has 0 saturated heterocycles. The molecule has 5 heteroatoms. The Kier molecular flexibility index (Phi) is 4.20. The first kappa shape index (κ1) is 14.3. The van der Waals surface area contributed by atoms with E-state index in [-0.39, 0.29) is 5.92 Å². The van der Waals surface area contributed by atoms with E-state index >= 15 is 0 Å². The molecule has 0 aliphatic carbocycles. The zero-order chi connectivity index (χ0) is 14.7. The molecule has 0 aliphatic rings. The van der Waals surface area contributed by atoms with Gasteiger partial charge in [0, 0.05) is 17.2 Å². The van der Waals surface area contributed by atoms with Gasteiger partial charge in [-0.2, -0.15) is 0 Å². The zero-order valence-electron chi connectivity index (χ0n) is 12.4. The average Bonchev–Trinajstić information content (AvgIpc) is 2.43. The zero-order valence-corrected chi connectivity index (χ0v) is 12.4. The van der Waals surface area contributed by atoms with Crippen LogP contribution in [0.1, 0.15) is 36.7 Å². The van der Waals surface area contributed by atoms with Gasteiger partial charge >= 0.3 is 0 Å². The highest BCUT2D eigenvalue weighted by Gasteiger charge is 2.13. The molecular formula is C15H21N5. The maximum absolute atomic E-state index is 5.54. The third-order valence-corrected chi connectivity index (χ3v) is 3.21. The molecule has 1 heterocycles. The Balaban J connectivity index is 2.45. The summed E-state index contributed by atoms with van der Waals surface area (Å²) in [5.74, 6) is 7.98. The second kappa shape index (κ2) is 5.88. The van der Waals surface area contributed by atoms with E-state index < -0.39 is 0 Å². The van der Waals surface area contributed by atoms with Gasteiger partial charge in [-0.25, -0.2) is 15.8 Å². The molecule has 1 aromatic heterocycles. The maximum atomic E-state index is 5.54. The SMILES string of the molecule is Cc1ccccc1Nc1nc(C(C)C)nc(NN)c1C. The maximum Gasteiger partial charge on any atom is 0.148 e. The van der Waals surface area contributed by atoms with Crippen molar-refractivity contribution >= 4 is 17.3 Å². The molecule has 2 rings (SSSR count). The van der Waals surface area contributed by atoms with Gasteiger partial charge in [-0.15, -0.1) is 0 Å². The molecule has 1 aromatic carbocycles. The predicted octanol–water partition coefficient (Wildman–Crippen LogP) is 3.25. The first-order valence-corrected chi connectivity index (χ1v) is 6.70. The number of benzene rings is 1. The van der Waals surface area contributed by atoms with Crippen LogP contribution in [0.3, 0.4) is 0 Å². The van der Waals surface area contributed by atoms with Crippen LogP contribution in [0.4, 0.5) is 17.3 Å². The van der Waals surface area contributed by atoms with Crippen LogP contribution >= 0.6 is 0 Å². The van der Waals surface area contributed by atoms with Gasteiger partial charge in [-0.05, 0) is 25.5 Å². The fourth-order valence-electron chi connectivity index (χ4n) is 1.90. The normalized spacial score (nSPS) is 10.7. The number of nitrogens with two attached hydrogens (primary N) is 1. The van der Waals surface area contributed by atoms with E-state index in [1.165, 1.54) is 5.56 Å². The number of nitrogens with one attached hydrogen (secondary N) is 2. The van der Waals surface area contributed by atoms with Gasteiger partial charge in [0.05, 0.1) is 0 Å². The lowest BCUT2D eigenvalue weighted by molar-refractivity contribution is 0.774. The molecule has 0 aliphatic heterocycles. The average molecular weight is 271 g/mol. The lowest BCUT2D eigenvalue weighted by atomic mass is 10.1. The van der Waals surface area contributed by atoms with Crippen LogP contribution in [0.15, 0.2) is 24.3 Å². The first-order chi connectivity index (χ1) is 9.52. The van der Waals surface area contributed by atoms with Gasteiger partial charge < -0.3 is 10.7 Å². The standard InChI is InChI=1S/C15H21N5/c1-9(2)13-18-14(11(4)15(19-13)20-16)17-12-8-6-5-7-10(12)3/h5-9H,16H2,1-4H3,(H2,17,18,19,20). The van der Waals surface area contributed by atoms with E-state index in [2.05, 4.69) is 47.5 Å². The highest BCUT2D eigenvalue weighted by atomic mass is 15.3. The Morgan fingerprint density at radius 1 is 1.05 bits per heavy atom. The molecule has 0 radical (unpaired) electrons. The molecule has 5 nitrogen and oxygen atoms in total. The fourth-order valence-corrected chi connectivity index (χ4v) is 1.90. The van der Waals surface area contributed by atoms with Crippen molar-refractivity contribution in [3.05, 3.63) is 41.2 Å². The van der Waals surface area contributed by atoms with Gasteiger partial charge in [0.25, 0.3) is 0 Å². The molecule has 0 atom stereocenters. The molecule has 106 valence electrons. The molecule has 2 aromatic rings. The van der Waals surface area contributed by atoms with Crippen molar-refractivity contribution in [1.82, 2.24) is 9.97 Å². The topological polar surface area (TPSA) is 75.9 Å². The molecular weight excluding hydrogens is 250 g/mol. The van der Waals surface area contributed by atoms with Crippen molar-refractivity contribution in [1.29, 1.82) is 0 Å². The Hall–Kier alpha value is -2.14. The van der Waals surface area contributed by atoms with Crippen molar-refractivity contribution < 1.29 is 0 Å². The van der Waals surface area contributed by atoms with Crippen LogP contribution in [0, 0.1) is 13.8 Å². The summed E-state index contributed by atoms with van der Waals surface area (Å²) in [6, 6.07) is 8.10. The Bertz CT molecular complexity index is 607. The second-order valence-electron chi connectivity index (χ2n) is 5.14. The van der Waals surface area contributed by atoms with Crippen LogP contribution in [-0.2, 0) is 0 Å². The van der Waals surface area contributed by atoms with Crippen molar-refractivity contribution in [2.45, 2.75) is 33.6 Å². The lowest BCUT2D eigenvalue weighted by Gasteiger charge is -2.16. The van der Waals surface area contributed by atoms with Gasteiger partial charge in [0.2, 0.25) is 0 Å². The van der Waals surface area contributed by atoms with E-state index in [0.717, 1.165) is 22.9 Å². The Morgan fingerprint density at radius 3 is 2.30 bits per heavy atom. The van der Waals surface area contributed by atoms with E-state index in [9.17, 15) is 0 Å². The van der Waals surface area contributed by atoms with E-state index in [1.54, 1.807) is 0 Å². The van der Waals surface area contributed by atoms with E-state index in [1.807, 2.05) is 25.1 Å². The summed E-state index contributed by atoms with van der Waals surface area (Å²) in [4.78, 5) is 9.03. The van der Waals surface area contributed by atoms with Crippen LogP contribution < -0.4 is 16.6 Å². The number of nitrogen functional groups attached to an aromatic ring is 1. The van der Waals surface area contributed by atoms with Crippen LogP contribution in [-0.4, -0.2) is 9.97 Å². The van der Waals surface area contributed by atoms with E-state index in [4.69, 9.17) is 5.84 Å². The number of aryl methyl sites for hydroxylation is 1. The molecule has 0 saturated carbocycles. The van der Waals surface area contributed by atoms with Crippen molar-refractivity contribution in [2.75, 3.05) is 10.7 Å². The molecule has 20 heavy (non-hydrogen) atoms. The lowest BCUT2D eigenvalue weighted by Crippen LogP contribution is -2.14. The summed E-state index contributed by atoms with van der Waals surface area (Å²) in [5.41, 5.74) is 5.74. The van der Waals surface area contributed by atoms with Crippen molar-refractivity contribution in [2.24, 2.45) is 5.84 Å². The Morgan fingerprint density at radius 2 is 1.70 bits per heavy atom. The number of anilines is 3. The number of para-hydroxylation sites is 1. The second-order valence-corrected chi connectivity index (χ2v) is 5.14. The van der Waals surface area contributed by atoms with Crippen molar-refractivity contribution in [3.8, 4) is 0 Å². The van der Waals surface area contributed by atoms with Crippen molar-refractivity contribution in [3.63, 3.8) is 0 Å². The Labute approximate surface area is 119 Å². The summed E-state index contributed by atoms with van der Waals surface area (Å²) < 4.78 is 0. The minimum atomic E-state index is 0.236. The minimum absolute atomic E-state index is 0.236. The summed E-state index contributed by atoms with van der Waals surface area (Å²) in [5, 5.41) is 3.36. The summed E-state index contributed by atoms with van der Waals surface area (Å²) >= 11 is 0. The first-order valence-electron chi connectivity index (χ1n) is 6.70. The van der Waals surface area contributed by atoms with Crippen LogP contribution in [0.2, 0.25) is 0 Å². The minimum Gasteiger partial charge on any atom is -0.340 e. The highest BCUT2D eigenvalue weighted by molar-refractivity contribution is 5.66. The number of hydrogen-bond acceptors (Lipinski definition) is 5. The van der Waals surface area contributed by atoms with Crippen LogP contribution in [0.5, 0.6) is 0 Å². The number of hydrazine groups is 1. The quantitative estimate of drug-likeness (QED) is 0.588. The number of hydrogen-bond donors (Lipinski definition) is 3. The summed E-state index contributed by atoms with van der Waals surface area (Å²) in [7, 11) is 0. The molecule has 0 bridgehead atoms. The van der Waals surface area contributed by atoms with E-state index in [0.29, 0.717) is 5.82 Å². The number of nitrogens with zero attached hydrogens (tertiary/aromatic N) is 2. The van der Waals surface area contributed by atoms with Gasteiger partial charge in [0.15, 0.2) is 0 Å². The summed E-state index contributed by atoms with van der Waals surface area (Å²) in [6.45, 7) is 8.12. The number of aromatic nitrogens is 2. The third kappa shape index (κ3) is 2.88. The largest absolute Gasteiger partial charge is 0.340 e. The molecule has 4 N–H and O–H groups in total. The monoisotopic (exact) mass is 271 g/mol. The van der Waals surface area contributed by atoms with Gasteiger partial charge in [-0.1, -0.05) is 32.0 Å². The predicted molar refractivity (Wildman–Crippen MR) is 83.1 cm³/mol. The molecule has 0 fully saturated rings. The summed E-state index contributed by atoms with van der Waals surface area (Å²) in [6.07, 6.45) is 0.